The molecule has 0 saturated heterocycles. The molecule has 0 aliphatic heterocycles. The molecule has 1 N–H and O–H groups in total. The second-order valence-corrected chi connectivity index (χ2v) is 7.87. The number of hydrogen-bond acceptors (Lipinski definition) is 3. The first-order valence-corrected chi connectivity index (χ1v) is 9.51. The molecule has 5 nitrogen and oxygen atoms in total. The number of carbonyl (C=O) groups is 1. The van der Waals surface area contributed by atoms with Crippen LogP contribution in [0.1, 0.15) is 24.2 Å². The number of para-hydroxylation sites is 1. The van der Waals surface area contributed by atoms with Gasteiger partial charge in [0.15, 0.2) is 0 Å². The SMILES string of the molecule is CC(C)N(c1ccccc1)S(=O)(=O)c1ccc(C(=O)NCC(F)(F)F)cc1. The molecule has 9 heteroatoms. The van der Waals surface area contributed by atoms with E-state index in [-0.39, 0.29) is 16.5 Å². The Morgan fingerprint density at radius 2 is 1.59 bits per heavy atom. The van der Waals surface area contributed by atoms with Gasteiger partial charge in [0.2, 0.25) is 0 Å². The van der Waals surface area contributed by atoms with E-state index >= 15 is 0 Å². The number of alkyl halides is 3. The molecule has 0 aromatic heterocycles. The van der Waals surface area contributed by atoms with E-state index in [0.717, 1.165) is 0 Å². The van der Waals surface area contributed by atoms with Gasteiger partial charge in [-0.25, -0.2) is 8.42 Å². The van der Waals surface area contributed by atoms with E-state index in [9.17, 15) is 26.4 Å². The van der Waals surface area contributed by atoms with Crippen molar-refractivity contribution in [3.8, 4) is 0 Å². The summed E-state index contributed by atoms with van der Waals surface area (Å²) < 4.78 is 63.8. The van der Waals surface area contributed by atoms with Crippen molar-refractivity contribution in [3.05, 3.63) is 60.2 Å². The first kappa shape index (κ1) is 20.8. The average molecular weight is 400 g/mol. The van der Waals surface area contributed by atoms with Gasteiger partial charge in [0.1, 0.15) is 6.54 Å². The van der Waals surface area contributed by atoms with Crippen molar-refractivity contribution in [1.29, 1.82) is 0 Å². The molecule has 0 bridgehead atoms. The van der Waals surface area contributed by atoms with Crippen molar-refractivity contribution >= 4 is 21.6 Å². The highest BCUT2D eigenvalue weighted by atomic mass is 32.2. The summed E-state index contributed by atoms with van der Waals surface area (Å²) in [6, 6.07) is 12.9. The number of sulfonamides is 1. The number of halogens is 3. The van der Waals surface area contributed by atoms with Crippen LogP contribution in [0.2, 0.25) is 0 Å². The molecule has 2 rings (SSSR count). The maximum absolute atomic E-state index is 13.0. The highest BCUT2D eigenvalue weighted by Gasteiger charge is 2.29. The second-order valence-electron chi connectivity index (χ2n) is 6.05. The molecule has 0 aliphatic rings. The third-order valence-electron chi connectivity index (χ3n) is 3.60. The Hall–Kier alpha value is -2.55. The normalized spacial score (nSPS) is 12.1. The highest BCUT2D eigenvalue weighted by Crippen LogP contribution is 2.26. The summed E-state index contributed by atoms with van der Waals surface area (Å²) in [5.74, 6) is -0.931. The predicted molar refractivity (Wildman–Crippen MR) is 96.1 cm³/mol. The molecule has 0 spiro atoms. The first-order valence-electron chi connectivity index (χ1n) is 8.07. The summed E-state index contributed by atoms with van der Waals surface area (Å²) in [5.41, 5.74) is 0.425. The van der Waals surface area contributed by atoms with Gasteiger partial charge >= 0.3 is 6.18 Å². The van der Waals surface area contributed by atoms with Crippen molar-refractivity contribution in [2.45, 2.75) is 31.0 Å². The second kappa shape index (κ2) is 7.99. The summed E-state index contributed by atoms with van der Waals surface area (Å²) in [6.07, 6.45) is -4.52. The maximum atomic E-state index is 13.0. The maximum Gasteiger partial charge on any atom is 0.405 e. The highest BCUT2D eigenvalue weighted by molar-refractivity contribution is 7.92. The number of amides is 1. The van der Waals surface area contributed by atoms with Crippen LogP contribution in [0.25, 0.3) is 0 Å². The Labute approximate surface area is 155 Å². The molecule has 0 heterocycles. The molecule has 0 aliphatic carbocycles. The summed E-state index contributed by atoms with van der Waals surface area (Å²) >= 11 is 0. The minimum absolute atomic E-state index is 0.0611. The van der Waals surface area contributed by atoms with Crippen LogP contribution < -0.4 is 9.62 Å². The summed E-state index contributed by atoms with van der Waals surface area (Å²) in [6.45, 7) is 1.99. The smallest absolute Gasteiger partial charge is 0.343 e. The van der Waals surface area contributed by atoms with Gasteiger partial charge in [0, 0.05) is 11.6 Å². The van der Waals surface area contributed by atoms with Gasteiger partial charge in [-0.1, -0.05) is 18.2 Å². The van der Waals surface area contributed by atoms with Crippen molar-refractivity contribution in [1.82, 2.24) is 5.32 Å². The van der Waals surface area contributed by atoms with Crippen LogP contribution in [-0.2, 0) is 10.0 Å². The summed E-state index contributed by atoms with van der Waals surface area (Å²) in [5, 5.41) is 1.74. The minimum Gasteiger partial charge on any atom is -0.343 e. The van der Waals surface area contributed by atoms with E-state index in [1.807, 2.05) is 0 Å². The van der Waals surface area contributed by atoms with Gasteiger partial charge in [-0.3, -0.25) is 9.10 Å². The van der Waals surface area contributed by atoms with Crippen molar-refractivity contribution in [2.24, 2.45) is 0 Å². The first-order chi connectivity index (χ1) is 12.5. The van der Waals surface area contributed by atoms with Crippen molar-refractivity contribution in [2.75, 3.05) is 10.8 Å². The zero-order valence-electron chi connectivity index (χ0n) is 14.7. The number of benzene rings is 2. The lowest BCUT2D eigenvalue weighted by molar-refractivity contribution is -0.123. The Morgan fingerprint density at radius 1 is 1.04 bits per heavy atom. The van der Waals surface area contributed by atoms with Crippen LogP contribution >= 0.6 is 0 Å². The lowest BCUT2D eigenvalue weighted by Crippen LogP contribution is -2.37. The number of carbonyl (C=O) groups excluding carboxylic acids is 1. The van der Waals surface area contributed by atoms with E-state index in [1.165, 1.54) is 28.6 Å². The van der Waals surface area contributed by atoms with Gasteiger partial charge in [0.25, 0.3) is 15.9 Å². The standard InChI is InChI=1S/C18H19F3N2O3S/c1-13(2)23(15-6-4-3-5-7-15)27(25,26)16-10-8-14(9-11-16)17(24)22-12-18(19,20)21/h3-11,13H,12H2,1-2H3,(H,22,24). The molecule has 1 amide bonds. The monoisotopic (exact) mass is 400 g/mol. The largest absolute Gasteiger partial charge is 0.405 e. The minimum atomic E-state index is -4.52. The van der Waals surface area contributed by atoms with Gasteiger partial charge in [-0.2, -0.15) is 13.2 Å². The number of hydrogen-bond donors (Lipinski definition) is 1. The topological polar surface area (TPSA) is 66.5 Å². The number of rotatable bonds is 6. The third-order valence-corrected chi connectivity index (χ3v) is 5.62. The third kappa shape index (κ3) is 5.22. The Kier molecular flexibility index (Phi) is 6.15. The predicted octanol–water partition coefficient (Wildman–Crippen LogP) is 3.58. The van der Waals surface area contributed by atoms with Crippen LogP contribution in [-0.4, -0.2) is 33.1 Å². The molecule has 0 unspecified atom stereocenters. The fourth-order valence-electron chi connectivity index (χ4n) is 2.46. The molecule has 0 radical (unpaired) electrons. The molecule has 0 fully saturated rings. The van der Waals surface area contributed by atoms with Gasteiger partial charge in [-0.05, 0) is 50.2 Å². The van der Waals surface area contributed by atoms with Gasteiger partial charge in [-0.15, -0.1) is 0 Å². The molecular weight excluding hydrogens is 381 g/mol. The summed E-state index contributed by atoms with van der Waals surface area (Å²) in [7, 11) is -3.91. The lowest BCUT2D eigenvalue weighted by atomic mass is 10.2. The summed E-state index contributed by atoms with van der Waals surface area (Å²) in [4.78, 5) is 11.7. The van der Waals surface area contributed by atoms with E-state index in [4.69, 9.17) is 0 Å². The molecule has 2 aromatic carbocycles. The van der Waals surface area contributed by atoms with Crippen LogP contribution in [0.4, 0.5) is 18.9 Å². The number of anilines is 1. The van der Waals surface area contributed by atoms with Crippen molar-refractivity contribution in [3.63, 3.8) is 0 Å². The fourth-order valence-corrected chi connectivity index (χ4v) is 4.13. The molecular formula is C18H19F3N2O3S. The fraction of sp³-hybridized carbons (Fsp3) is 0.278. The Balaban J connectivity index is 2.27. The number of nitrogens with zero attached hydrogens (tertiary/aromatic N) is 1. The average Bonchev–Trinajstić information content (AvgIpc) is 2.59. The quantitative estimate of drug-likeness (QED) is 0.806. The lowest BCUT2D eigenvalue weighted by Gasteiger charge is -2.28. The Bertz CT molecular complexity index is 880. The molecule has 146 valence electrons. The zero-order chi connectivity index (χ0) is 20.2. The van der Waals surface area contributed by atoms with E-state index in [1.54, 1.807) is 49.5 Å². The van der Waals surface area contributed by atoms with Gasteiger partial charge in [0.05, 0.1) is 10.6 Å². The zero-order valence-corrected chi connectivity index (χ0v) is 15.5. The molecule has 0 saturated carbocycles. The Morgan fingerprint density at radius 3 is 2.07 bits per heavy atom. The molecule has 2 aromatic rings. The van der Waals surface area contributed by atoms with Crippen LogP contribution in [0.3, 0.4) is 0 Å². The van der Waals surface area contributed by atoms with Crippen LogP contribution in [0.5, 0.6) is 0 Å². The molecule has 27 heavy (non-hydrogen) atoms. The number of nitrogens with one attached hydrogen (secondary N) is 1. The van der Waals surface area contributed by atoms with Crippen molar-refractivity contribution < 1.29 is 26.4 Å². The van der Waals surface area contributed by atoms with E-state index < -0.39 is 28.7 Å². The van der Waals surface area contributed by atoms with Crippen LogP contribution in [0, 0.1) is 0 Å². The van der Waals surface area contributed by atoms with E-state index in [2.05, 4.69) is 0 Å². The van der Waals surface area contributed by atoms with Gasteiger partial charge < -0.3 is 5.32 Å². The van der Waals surface area contributed by atoms with Crippen LogP contribution in [0.15, 0.2) is 59.5 Å². The molecule has 0 atom stereocenters. The van der Waals surface area contributed by atoms with E-state index in [0.29, 0.717) is 5.69 Å².